The monoisotopic (exact) mass is 320 g/mol. The fourth-order valence-corrected chi connectivity index (χ4v) is 4.30. The zero-order valence-corrected chi connectivity index (χ0v) is 14.2. The largest absolute Gasteiger partial charge is 0.308 e. The third-order valence-corrected chi connectivity index (χ3v) is 6.01. The van der Waals surface area contributed by atoms with Crippen LogP contribution in [-0.2, 0) is 24.8 Å². The zero-order chi connectivity index (χ0) is 14.9. The van der Waals surface area contributed by atoms with E-state index < -0.39 is 0 Å². The van der Waals surface area contributed by atoms with E-state index in [1.54, 1.807) is 0 Å². The summed E-state index contributed by atoms with van der Waals surface area (Å²) in [5, 5.41) is 5.48. The number of nitrogens with zero attached hydrogens (tertiary/aromatic N) is 1. The lowest BCUT2D eigenvalue weighted by atomic mass is 9.93. The Morgan fingerprint density at radius 1 is 1.24 bits per heavy atom. The summed E-state index contributed by atoms with van der Waals surface area (Å²) in [6, 6.07) is 8.12. The van der Waals surface area contributed by atoms with Crippen LogP contribution in [0.25, 0.3) is 0 Å². The van der Waals surface area contributed by atoms with E-state index in [1.165, 1.54) is 40.4 Å². The minimum atomic E-state index is -0.115. The zero-order valence-electron chi connectivity index (χ0n) is 12.6. The molecule has 0 bridgehead atoms. The van der Waals surface area contributed by atoms with Gasteiger partial charge in [-0.3, -0.25) is 0 Å². The van der Waals surface area contributed by atoms with Crippen molar-refractivity contribution in [3.63, 3.8) is 0 Å². The molecule has 4 heteroatoms. The van der Waals surface area contributed by atoms with Gasteiger partial charge in [0.15, 0.2) is 0 Å². The van der Waals surface area contributed by atoms with E-state index in [-0.39, 0.29) is 5.54 Å². The van der Waals surface area contributed by atoms with Crippen LogP contribution in [0.15, 0.2) is 24.3 Å². The first-order valence-electron chi connectivity index (χ1n) is 7.53. The van der Waals surface area contributed by atoms with Gasteiger partial charge in [-0.1, -0.05) is 23.7 Å². The first-order chi connectivity index (χ1) is 10.1. The number of hydrogen-bond acceptors (Lipinski definition) is 3. The van der Waals surface area contributed by atoms with Crippen LogP contribution in [0.3, 0.4) is 0 Å². The van der Waals surface area contributed by atoms with Crippen LogP contribution in [0.4, 0.5) is 0 Å². The topological polar surface area (TPSA) is 24.9 Å². The van der Waals surface area contributed by atoms with Crippen molar-refractivity contribution < 1.29 is 0 Å². The molecule has 0 radical (unpaired) electrons. The maximum atomic E-state index is 5.98. The molecule has 0 spiro atoms. The molecule has 0 amide bonds. The van der Waals surface area contributed by atoms with Crippen molar-refractivity contribution in [2.45, 2.75) is 44.6 Å². The minimum Gasteiger partial charge on any atom is -0.308 e. The molecule has 0 aliphatic heterocycles. The number of halogens is 1. The number of rotatable bonds is 4. The van der Waals surface area contributed by atoms with Gasteiger partial charge in [0, 0.05) is 9.90 Å². The molecule has 1 atom stereocenters. The Morgan fingerprint density at radius 3 is 2.62 bits per heavy atom. The predicted molar refractivity (Wildman–Crippen MR) is 90.3 cm³/mol. The summed E-state index contributed by atoms with van der Waals surface area (Å²) < 4.78 is 0. The van der Waals surface area contributed by atoms with Crippen LogP contribution in [0.2, 0.25) is 5.02 Å². The van der Waals surface area contributed by atoms with E-state index in [0.717, 1.165) is 17.9 Å². The summed E-state index contributed by atoms with van der Waals surface area (Å²) >= 11 is 7.87. The van der Waals surface area contributed by atoms with Crippen molar-refractivity contribution in [1.82, 2.24) is 10.3 Å². The van der Waals surface area contributed by atoms with E-state index in [0.29, 0.717) is 0 Å². The Bertz CT molecular complexity index is 597. The highest BCUT2D eigenvalue weighted by Crippen LogP contribution is 2.34. The van der Waals surface area contributed by atoms with E-state index in [1.807, 2.05) is 30.5 Å². The van der Waals surface area contributed by atoms with Crippen molar-refractivity contribution in [3.8, 4) is 0 Å². The molecule has 0 fully saturated rings. The number of fused-ring (bicyclic) bond motifs is 1. The van der Waals surface area contributed by atoms with Crippen LogP contribution < -0.4 is 5.32 Å². The second-order valence-corrected chi connectivity index (χ2v) is 7.50. The third-order valence-electron chi connectivity index (χ3n) is 4.34. The average molecular weight is 321 g/mol. The van der Waals surface area contributed by atoms with E-state index in [9.17, 15) is 0 Å². The number of likely N-dealkylation sites (N-methyl/N-ethyl adjacent to an activating group) is 1. The van der Waals surface area contributed by atoms with Crippen LogP contribution in [0.5, 0.6) is 0 Å². The van der Waals surface area contributed by atoms with Crippen molar-refractivity contribution in [1.29, 1.82) is 0 Å². The van der Waals surface area contributed by atoms with Crippen molar-refractivity contribution in [2.75, 3.05) is 7.05 Å². The Hall–Kier alpha value is -0.900. The standard InChI is InChI=1S/C17H21ClN2S/c1-17(19-2,11-12-7-9-13(18)10-8-12)16-20-14-5-3-4-6-15(14)21-16/h7-10,19H,3-6,11H2,1-2H3. The van der Waals surface area contributed by atoms with Gasteiger partial charge in [-0.2, -0.15) is 0 Å². The lowest BCUT2D eigenvalue weighted by molar-refractivity contribution is 0.394. The first-order valence-corrected chi connectivity index (χ1v) is 8.72. The summed E-state index contributed by atoms with van der Waals surface area (Å²) in [4.78, 5) is 6.43. The normalized spacial score (nSPS) is 17.3. The summed E-state index contributed by atoms with van der Waals surface area (Å²) in [7, 11) is 2.02. The molecule has 3 rings (SSSR count). The summed E-state index contributed by atoms with van der Waals surface area (Å²) in [6.07, 6.45) is 5.86. The van der Waals surface area contributed by atoms with E-state index >= 15 is 0 Å². The highest BCUT2D eigenvalue weighted by atomic mass is 35.5. The fourth-order valence-electron chi connectivity index (χ4n) is 2.87. The van der Waals surface area contributed by atoms with Gasteiger partial charge in [-0.05, 0) is 63.8 Å². The summed E-state index contributed by atoms with van der Waals surface area (Å²) in [5.74, 6) is 0. The van der Waals surface area contributed by atoms with Crippen LogP contribution in [-0.4, -0.2) is 12.0 Å². The molecule has 1 aromatic carbocycles. The number of hydrogen-bond donors (Lipinski definition) is 1. The van der Waals surface area contributed by atoms with Gasteiger partial charge in [0.1, 0.15) is 5.01 Å². The lowest BCUT2D eigenvalue weighted by Crippen LogP contribution is -2.39. The summed E-state index contributed by atoms with van der Waals surface area (Å²) in [6.45, 7) is 2.24. The Kier molecular flexibility index (Phi) is 4.34. The molecule has 1 unspecified atom stereocenters. The van der Waals surface area contributed by atoms with Crippen LogP contribution in [0.1, 0.15) is 40.9 Å². The molecule has 2 aromatic rings. The van der Waals surface area contributed by atoms with Crippen molar-refractivity contribution in [2.24, 2.45) is 0 Å². The van der Waals surface area contributed by atoms with Crippen molar-refractivity contribution in [3.05, 3.63) is 50.4 Å². The SMILES string of the molecule is CNC(C)(Cc1ccc(Cl)cc1)c1nc2c(s1)CCCC2. The molecule has 0 saturated heterocycles. The minimum absolute atomic E-state index is 0.115. The van der Waals surface area contributed by atoms with Gasteiger partial charge in [-0.15, -0.1) is 11.3 Å². The maximum Gasteiger partial charge on any atom is 0.113 e. The molecule has 2 nitrogen and oxygen atoms in total. The molecule has 0 saturated carbocycles. The van der Waals surface area contributed by atoms with Gasteiger partial charge >= 0.3 is 0 Å². The second-order valence-electron chi connectivity index (χ2n) is 5.98. The molecule has 112 valence electrons. The number of thiazole rings is 1. The van der Waals surface area contributed by atoms with Crippen LogP contribution in [0, 0.1) is 0 Å². The molecule has 1 heterocycles. The quantitative estimate of drug-likeness (QED) is 0.905. The average Bonchev–Trinajstić information content (AvgIpc) is 2.94. The second kappa shape index (κ2) is 6.07. The van der Waals surface area contributed by atoms with Gasteiger partial charge in [0.25, 0.3) is 0 Å². The molecular weight excluding hydrogens is 300 g/mol. The van der Waals surface area contributed by atoms with Crippen LogP contribution >= 0.6 is 22.9 Å². The highest BCUT2D eigenvalue weighted by molar-refractivity contribution is 7.11. The third kappa shape index (κ3) is 3.15. The number of benzene rings is 1. The van der Waals surface area contributed by atoms with Gasteiger partial charge in [0.05, 0.1) is 11.2 Å². The first kappa shape index (κ1) is 15.0. The Balaban J connectivity index is 1.88. The maximum absolute atomic E-state index is 5.98. The Morgan fingerprint density at radius 2 is 1.95 bits per heavy atom. The van der Waals surface area contributed by atoms with Crippen molar-refractivity contribution >= 4 is 22.9 Å². The number of nitrogens with one attached hydrogen (secondary N) is 1. The van der Waals surface area contributed by atoms with E-state index in [4.69, 9.17) is 16.6 Å². The predicted octanol–water partition coefficient (Wildman–Crippen LogP) is 4.35. The summed E-state index contributed by atoms with van der Waals surface area (Å²) in [5.41, 5.74) is 2.50. The highest BCUT2D eigenvalue weighted by Gasteiger charge is 2.30. The molecule has 1 aromatic heterocycles. The van der Waals surface area contributed by atoms with Gasteiger partial charge in [0.2, 0.25) is 0 Å². The number of aromatic nitrogens is 1. The number of aryl methyl sites for hydroxylation is 2. The molecule has 1 aliphatic rings. The van der Waals surface area contributed by atoms with Gasteiger partial charge in [-0.25, -0.2) is 4.98 Å². The molecule has 1 aliphatic carbocycles. The smallest absolute Gasteiger partial charge is 0.113 e. The fraction of sp³-hybridized carbons (Fsp3) is 0.471. The molecule has 21 heavy (non-hydrogen) atoms. The van der Waals surface area contributed by atoms with Gasteiger partial charge < -0.3 is 5.32 Å². The molecular formula is C17H21ClN2S. The van der Waals surface area contributed by atoms with E-state index in [2.05, 4.69) is 24.4 Å². The molecule has 1 N–H and O–H groups in total. The Labute approximate surface area is 135 Å². The lowest BCUT2D eigenvalue weighted by Gasteiger charge is -2.27.